The molecule has 1 amide bonds. The highest BCUT2D eigenvalue weighted by molar-refractivity contribution is 5.94. The van der Waals surface area contributed by atoms with Crippen LogP contribution in [0.2, 0.25) is 0 Å². The summed E-state index contributed by atoms with van der Waals surface area (Å²) in [6.45, 7) is 6.27. The summed E-state index contributed by atoms with van der Waals surface area (Å²) in [5.74, 6) is 0.661. The van der Waals surface area contributed by atoms with Crippen molar-refractivity contribution in [2.75, 3.05) is 5.32 Å². The zero-order chi connectivity index (χ0) is 17.1. The van der Waals surface area contributed by atoms with Crippen molar-refractivity contribution in [3.8, 4) is 11.5 Å². The molecule has 0 aliphatic heterocycles. The number of hydrogen-bond donors (Lipinski definition) is 3. The van der Waals surface area contributed by atoms with Crippen LogP contribution in [0.1, 0.15) is 43.7 Å². The molecule has 0 bridgehead atoms. The molecule has 126 valence electrons. The number of carbonyl (C=O) groups is 1. The van der Waals surface area contributed by atoms with Crippen molar-refractivity contribution < 1.29 is 4.79 Å². The second-order valence-electron chi connectivity index (χ2n) is 6.19. The summed E-state index contributed by atoms with van der Waals surface area (Å²) in [5.41, 5.74) is 5.57. The minimum absolute atomic E-state index is 0.00824. The number of unbranched alkanes of at least 4 members (excludes halogenated alkanes) is 2. The van der Waals surface area contributed by atoms with Gasteiger partial charge in [-0.25, -0.2) is 4.98 Å². The molecule has 0 unspecified atom stereocenters. The number of anilines is 1. The normalized spacial score (nSPS) is 11.1. The van der Waals surface area contributed by atoms with E-state index in [1.165, 1.54) is 11.1 Å². The zero-order valence-corrected chi connectivity index (χ0v) is 14.4. The van der Waals surface area contributed by atoms with Gasteiger partial charge in [0.25, 0.3) is 0 Å². The number of fused-ring (bicyclic) bond motifs is 1. The highest BCUT2D eigenvalue weighted by atomic mass is 16.1. The van der Waals surface area contributed by atoms with Gasteiger partial charge in [0, 0.05) is 12.6 Å². The molecule has 0 atom stereocenters. The van der Waals surface area contributed by atoms with Crippen LogP contribution < -0.4 is 5.32 Å². The van der Waals surface area contributed by atoms with Crippen LogP contribution in [0, 0.1) is 13.8 Å². The first kappa shape index (κ1) is 16.2. The maximum Gasteiger partial charge on any atom is 0.224 e. The molecule has 3 N–H and O–H groups in total. The second-order valence-corrected chi connectivity index (χ2v) is 6.19. The van der Waals surface area contributed by atoms with Crippen molar-refractivity contribution in [2.24, 2.45) is 0 Å². The smallest absolute Gasteiger partial charge is 0.224 e. The number of imidazole rings is 1. The van der Waals surface area contributed by atoms with Crippen LogP contribution in [0.5, 0.6) is 0 Å². The Hall–Kier alpha value is -2.63. The lowest BCUT2D eigenvalue weighted by atomic mass is 10.1. The van der Waals surface area contributed by atoms with Gasteiger partial charge in [-0.1, -0.05) is 19.8 Å². The van der Waals surface area contributed by atoms with Gasteiger partial charge in [-0.2, -0.15) is 5.10 Å². The molecular formula is C18H23N5O. The lowest BCUT2D eigenvalue weighted by molar-refractivity contribution is -0.116. The Morgan fingerprint density at radius 3 is 2.79 bits per heavy atom. The lowest BCUT2D eigenvalue weighted by Gasteiger charge is -2.03. The van der Waals surface area contributed by atoms with E-state index in [0.29, 0.717) is 23.6 Å². The number of amides is 1. The number of aromatic nitrogens is 4. The van der Waals surface area contributed by atoms with Crippen LogP contribution in [0.25, 0.3) is 22.6 Å². The molecule has 0 spiro atoms. The summed E-state index contributed by atoms with van der Waals surface area (Å²) in [5, 5.41) is 9.98. The number of rotatable bonds is 6. The van der Waals surface area contributed by atoms with E-state index in [0.717, 1.165) is 30.3 Å². The van der Waals surface area contributed by atoms with Crippen molar-refractivity contribution >= 4 is 22.6 Å². The molecule has 3 aromatic rings. The molecule has 0 saturated carbocycles. The van der Waals surface area contributed by atoms with Crippen LogP contribution in [0.4, 0.5) is 5.69 Å². The van der Waals surface area contributed by atoms with Crippen molar-refractivity contribution in [3.63, 3.8) is 0 Å². The van der Waals surface area contributed by atoms with Crippen LogP contribution in [0.15, 0.2) is 18.3 Å². The van der Waals surface area contributed by atoms with Crippen molar-refractivity contribution in [2.45, 2.75) is 46.5 Å². The maximum absolute atomic E-state index is 12.0. The number of aromatic amines is 2. The summed E-state index contributed by atoms with van der Waals surface area (Å²) < 4.78 is 0. The first-order valence-corrected chi connectivity index (χ1v) is 8.39. The van der Waals surface area contributed by atoms with E-state index in [2.05, 4.69) is 58.4 Å². The van der Waals surface area contributed by atoms with Crippen LogP contribution in [0.3, 0.4) is 0 Å². The highest BCUT2D eigenvalue weighted by Gasteiger charge is 2.15. The van der Waals surface area contributed by atoms with Gasteiger partial charge in [0.1, 0.15) is 0 Å². The Balaban J connectivity index is 1.83. The molecule has 2 heterocycles. The van der Waals surface area contributed by atoms with Gasteiger partial charge in [-0.15, -0.1) is 0 Å². The van der Waals surface area contributed by atoms with E-state index >= 15 is 0 Å². The lowest BCUT2D eigenvalue weighted by Crippen LogP contribution is -2.11. The quantitative estimate of drug-likeness (QED) is 0.597. The van der Waals surface area contributed by atoms with Crippen LogP contribution >= 0.6 is 0 Å². The number of nitrogens with one attached hydrogen (secondary N) is 3. The number of hydrogen-bond acceptors (Lipinski definition) is 3. The first-order chi connectivity index (χ1) is 11.6. The van der Waals surface area contributed by atoms with Gasteiger partial charge >= 0.3 is 0 Å². The average Bonchev–Trinajstić information content (AvgIpc) is 3.14. The molecule has 0 saturated heterocycles. The van der Waals surface area contributed by atoms with Crippen molar-refractivity contribution in [3.05, 3.63) is 29.5 Å². The molecule has 0 fully saturated rings. The number of benzene rings is 1. The standard InChI is InChI=1S/C18H23N5O/c1-4-5-6-7-16(24)20-15-10-19-23-17(15)18-21-13-8-11(2)12(3)9-14(13)22-18/h8-10H,4-7H2,1-3H3,(H,19,23)(H,20,24)(H,21,22). The van der Waals surface area contributed by atoms with E-state index in [4.69, 9.17) is 0 Å². The third kappa shape index (κ3) is 3.32. The number of aryl methyl sites for hydroxylation is 2. The fourth-order valence-corrected chi connectivity index (χ4v) is 2.70. The van der Waals surface area contributed by atoms with Crippen molar-refractivity contribution in [1.82, 2.24) is 20.2 Å². The van der Waals surface area contributed by atoms with Gasteiger partial charge in [0.15, 0.2) is 11.5 Å². The van der Waals surface area contributed by atoms with Gasteiger partial charge in [-0.3, -0.25) is 9.89 Å². The molecular weight excluding hydrogens is 302 g/mol. The van der Waals surface area contributed by atoms with E-state index in [9.17, 15) is 4.79 Å². The van der Waals surface area contributed by atoms with E-state index in [1.54, 1.807) is 6.20 Å². The molecule has 0 aliphatic rings. The third-order valence-electron chi connectivity index (χ3n) is 4.24. The third-order valence-corrected chi connectivity index (χ3v) is 4.24. The summed E-state index contributed by atoms with van der Waals surface area (Å²) in [6.07, 6.45) is 5.28. The molecule has 6 nitrogen and oxygen atoms in total. The van der Waals surface area contributed by atoms with Gasteiger partial charge < -0.3 is 10.3 Å². The summed E-state index contributed by atoms with van der Waals surface area (Å²) in [4.78, 5) is 19.9. The van der Waals surface area contributed by atoms with E-state index in [-0.39, 0.29) is 5.91 Å². The monoisotopic (exact) mass is 325 g/mol. The maximum atomic E-state index is 12.0. The fourth-order valence-electron chi connectivity index (χ4n) is 2.70. The molecule has 24 heavy (non-hydrogen) atoms. The molecule has 1 aromatic carbocycles. The summed E-state index contributed by atoms with van der Waals surface area (Å²) in [6, 6.07) is 4.14. The van der Waals surface area contributed by atoms with E-state index < -0.39 is 0 Å². The van der Waals surface area contributed by atoms with Crippen molar-refractivity contribution in [1.29, 1.82) is 0 Å². The van der Waals surface area contributed by atoms with Crippen LogP contribution in [-0.2, 0) is 4.79 Å². The molecule has 0 aliphatic carbocycles. The Bertz CT molecular complexity index is 823. The number of carbonyl (C=O) groups excluding carboxylic acids is 1. The zero-order valence-electron chi connectivity index (χ0n) is 14.4. The molecule has 6 heteroatoms. The predicted octanol–water partition coefficient (Wildman–Crippen LogP) is 4.09. The number of H-pyrrole nitrogens is 2. The molecule has 2 aromatic heterocycles. The molecule has 0 radical (unpaired) electrons. The minimum Gasteiger partial charge on any atom is -0.337 e. The van der Waals surface area contributed by atoms with Gasteiger partial charge in [0.2, 0.25) is 5.91 Å². The van der Waals surface area contributed by atoms with Gasteiger partial charge in [0.05, 0.1) is 16.7 Å². The van der Waals surface area contributed by atoms with Crippen LogP contribution in [-0.4, -0.2) is 26.1 Å². The summed E-state index contributed by atoms with van der Waals surface area (Å²) in [7, 11) is 0. The predicted molar refractivity (Wildman–Crippen MR) is 95.9 cm³/mol. The largest absolute Gasteiger partial charge is 0.337 e. The first-order valence-electron chi connectivity index (χ1n) is 8.39. The summed E-state index contributed by atoms with van der Waals surface area (Å²) >= 11 is 0. The van der Waals surface area contributed by atoms with Gasteiger partial charge in [-0.05, 0) is 43.5 Å². The Kier molecular flexibility index (Phi) is 4.64. The molecule has 3 rings (SSSR count). The SMILES string of the molecule is CCCCCC(=O)Nc1c[nH]nc1-c1nc2cc(C)c(C)cc2[nH]1. The fraction of sp³-hybridized carbons (Fsp3) is 0.389. The number of nitrogens with zero attached hydrogens (tertiary/aromatic N) is 2. The minimum atomic E-state index is 0.00824. The Labute approximate surface area is 141 Å². The Morgan fingerprint density at radius 1 is 1.21 bits per heavy atom. The Morgan fingerprint density at radius 2 is 2.00 bits per heavy atom. The topological polar surface area (TPSA) is 86.5 Å². The average molecular weight is 325 g/mol. The van der Waals surface area contributed by atoms with E-state index in [1.807, 2.05) is 0 Å². The highest BCUT2D eigenvalue weighted by Crippen LogP contribution is 2.26. The second kappa shape index (κ2) is 6.86.